The van der Waals surface area contributed by atoms with Crippen LogP contribution in [0.4, 0.5) is 5.82 Å². The molecule has 8 heteroatoms. The molecule has 1 heterocycles. The molecule has 0 unspecified atom stereocenters. The maximum absolute atomic E-state index is 12.1. The highest BCUT2D eigenvalue weighted by Gasteiger charge is 2.25. The Morgan fingerprint density at radius 2 is 2.25 bits per heavy atom. The van der Waals surface area contributed by atoms with Gasteiger partial charge in [0.15, 0.2) is 5.82 Å². The minimum absolute atomic E-state index is 0.0403. The van der Waals surface area contributed by atoms with E-state index in [9.17, 15) is 8.42 Å². The van der Waals surface area contributed by atoms with Crippen LogP contribution in [0.3, 0.4) is 0 Å². The molecule has 1 aromatic rings. The topological polar surface area (TPSA) is 81.2 Å². The van der Waals surface area contributed by atoms with Crippen molar-refractivity contribution in [2.75, 3.05) is 31.3 Å². The number of hydrogen-bond donors (Lipinski definition) is 1. The molecule has 16 heavy (non-hydrogen) atoms. The summed E-state index contributed by atoms with van der Waals surface area (Å²) in [4.78, 5) is 0.0682. The molecular weight excluding hydrogens is 248 g/mol. The summed E-state index contributed by atoms with van der Waals surface area (Å²) in [5.74, 6) is 0.786. The van der Waals surface area contributed by atoms with Crippen molar-refractivity contribution in [2.24, 2.45) is 7.05 Å². The summed E-state index contributed by atoms with van der Waals surface area (Å²) in [5, 5.41) is 3.82. The van der Waals surface area contributed by atoms with Gasteiger partial charge in [-0.2, -0.15) is 21.2 Å². The van der Waals surface area contributed by atoms with Crippen molar-refractivity contribution in [2.45, 2.75) is 4.90 Å². The second-order valence-corrected chi connectivity index (χ2v) is 6.37. The first-order valence-corrected chi connectivity index (χ1v) is 7.47. The van der Waals surface area contributed by atoms with Crippen LogP contribution in [0.15, 0.2) is 11.1 Å². The van der Waals surface area contributed by atoms with Crippen molar-refractivity contribution in [3.05, 3.63) is 6.20 Å². The Balaban J connectivity index is 2.97. The maximum atomic E-state index is 12.1. The summed E-state index contributed by atoms with van der Waals surface area (Å²) < 4.78 is 26.8. The summed E-state index contributed by atoms with van der Waals surface area (Å²) in [6.07, 6.45) is 3.35. The highest BCUT2D eigenvalue weighted by atomic mass is 32.2. The molecule has 0 saturated heterocycles. The molecule has 0 spiro atoms. The molecule has 2 N–H and O–H groups in total. The van der Waals surface area contributed by atoms with E-state index in [0.29, 0.717) is 6.54 Å². The van der Waals surface area contributed by atoms with Gasteiger partial charge < -0.3 is 5.73 Å². The molecule has 6 nitrogen and oxygen atoms in total. The average molecular weight is 264 g/mol. The van der Waals surface area contributed by atoms with Crippen LogP contribution in [-0.4, -0.2) is 48.1 Å². The lowest BCUT2D eigenvalue weighted by molar-refractivity contribution is 0.489. The molecule has 0 bridgehead atoms. The van der Waals surface area contributed by atoms with Crippen molar-refractivity contribution >= 4 is 27.6 Å². The van der Waals surface area contributed by atoms with Crippen LogP contribution in [0, 0.1) is 0 Å². The molecule has 1 rings (SSSR count). The maximum Gasteiger partial charge on any atom is 0.248 e. The van der Waals surface area contributed by atoms with Gasteiger partial charge in [-0.05, 0) is 6.26 Å². The van der Waals surface area contributed by atoms with Gasteiger partial charge in [-0.1, -0.05) is 0 Å². The predicted octanol–water partition coefficient (Wildman–Crippen LogP) is -0.0142. The Kier molecular flexibility index (Phi) is 4.22. The number of thioether (sulfide) groups is 1. The summed E-state index contributed by atoms with van der Waals surface area (Å²) in [6.45, 7) is 0.456. The van der Waals surface area contributed by atoms with E-state index in [0.717, 1.165) is 5.75 Å². The van der Waals surface area contributed by atoms with Gasteiger partial charge in [-0.15, -0.1) is 0 Å². The van der Waals surface area contributed by atoms with Crippen molar-refractivity contribution in [1.82, 2.24) is 14.1 Å². The number of sulfonamides is 1. The second-order valence-electron chi connectivity index (χ2n) is 3.37. The van der Waals surface area contributed by atoms with Gasteiger partial charge >= 0.3 is 0 Å². The molecule has 0 aromatic carbocycles. The van der Waals surface area contributed by atoms with Crippen molar-refractivity contribution < 1.29 is 8.42 Å². The molecule has 0 aliphatic carbocycles. The first-order chi connectivity index (χ1) is 7.39. The van der Waals surface area contributed by atoms with Crippen LogP contribution < -0.4 is 5.73 Å². The lowest BCUT2D eigenvalue weighted by Gasteiger charge is -2.15. The third-order valence-corrected chi connectivity index (χ3v) is 4.58. The van der Waals surface area contributed by atoms with Gasteiger partial charge in [0.05, 0.1) is 0 Å². The molecule has 0 aliphatic heterocycles. The summed E-state index contributed by atoms with van der Waals surface area (Å²) in [7, 11) is -0.334. The van der Waals surface area contributed by atoms with Gasteiger partial charge in [0, 0.05) is 32.6 Å². The molecular formula is C8H16N4O2S2. The van der Waals surface area contributed by atoms with Crippen molar-refractivity contribution in [1.29, 1.82) is 0 Å². The van der Waals surface area contributed by atoms with Crippen LogP contribution in [0.2, 0.25) is 0 Å². The molecule has 92 valence electrons. The number of aryl methyl sites for hydroxylation is 1. The normalized spacial score (nSPS) is 12.2. The number of nitrogens with zero attached hydrogens (tertiary/aromatic N) is 3. The van der Waals surface area contributed by atoms with Crippen LogP contribution in [-0.2, 0) is 17.1 Å². The SMILES string of the molecule is CSCCN(C)S(=O)(=O)c1cn(C)nc1N. The summed E-state index contributed by atoms with van der Waals surface area (Å²) >= 11 is 1.59. The third-order valence-electron chi connectivity index (χ3n) is 2.12. The van der Waals surface area contributed by atoms with Crippen molar-refractivity contribution in [3.8, 4) is 0 Å². The van der Waals surface area contributed by atoms with Gasteiger partial charge in [0.2, 0.25) is 10.0 Å². The lowest BCUT2D eigenvalue weighted by atomic mass is 10.7. The molecule has 0 fully saturated rings. The molecule has 0 amide bonds. The lowest BCUT2D eigenvalue weighted by Crippen LogP contribution is -2.29. The Bertz CT molecular complexity index is 455. The van der Waals surface area contributed by atoms with Gasteiger partial charge in [0.1, 0.15) is 4.90 Å². The van der Waals surface area contributed by atoms with Gasteiger partial charge in [-0.3, -0.25) is 4.68 Å². The van der Waals surface area contributed by atoms with E-state index in [1.807, 2.05) is 6.26 Å². The average Bonchev–Trinajstić information content (AvgIpc) is 2.54. The molecule has 0 aliphatic rings. The van der Waals surface area contributed by atoms with E-state index in [1.54, 1.807) is 18.8 Å². The van der Waals surface area contributed by atoms with E-state index in [-0.39, 0.29) is 10.7 Å². The Morgan fingerprint density at radius 1 is 1.62 bits per heavy atom. The van der Waals surface area contributed by atoms with E-state index in [1.165, 1.54) is 22.2 Å². The molecule has 0 radical (unpaired) electrons. The standard InChI is InChI=1S/C8H16N4O2S2/c1-11-6-7(8(9)10-11)16(13,14)12(2)4-5-15-3/h6H,4-5H2,1-3H3,(H2,9,10). The van der Waals surface area contributed by atoms with E-state index >= 15 is 0 Å². The number of nitrogens with two attached hydrogens (primary N) is 1. The zero-order chi connectivity index (χ0) is 12.3. The largest absolute Gasteiger partial charge is 0.381 e. The molecule has 0 saturated carbocycles. The van der Waals surface area contributed by atoms with Crippen LogP contribution in [0.1, 0.15) is 0 Å². The Hall–Kier alpha value is -0.730. The minimum atomic E-state index is -3.51. The number of nitrogen functional groups attached to an aromatic ring is 1. The van der Waals surface area contributed by atoms with E-state index in [4.69, 9.17) is 5.73 Å². The van der Waals surface area contributed by atoms with Gasteiger partial charge in [-0.25, -0.2) is 8.42 Å². The van der Waals surface area contributed by atoms with Crippen molar-refractivity contribution in [3.63, 3.8) is 0 Å². The highest BCUT2D eigenvalue weighted by Crippen LogP contribution is 2.19. The third kappa shape index (κ3) is 2.69. The number of rotatable bonds is 5. The smallest absolute Gasteiger partial charge is 0.248 e. The minimum Gasteiger partial charge on any atom is -0.381 e. The number of hydrogen-bond acceptors (Lipinski definition) is 5. The second kappa shape index (κ2) is 5.07. The highest BCUT2D eigenvalue weighted by molar-refractivity contribution is 7.98. The first-order valence-electron chi connectivity index (χ1n) is 4.64. The van der Waals surface area contributed by atoms with E-state index in [2.05, 4.69) is 5.10 Å². The fourth-order valence-electron chi connectivity index (χ4n) is 1.19. The van der Waals surface area contributed by atoms with Gasteiger partial charge in [0.25, 0.3) is 0 Å². The quantitative estimate of drug-likeness (QED) is 0.808. The first kappa shape index (κ1) is 13.3. The van der Waals surface area contributed by atoms with Crippen LogP contribution in [0.25, 0.3) is 0 Å². The zero-order valence-corrected chi connectivity index (χ0v) is 11.2. The monoisotopic (exact) mass is 264 g/mol. The molecule has 0 atom stereocenters. The summed E-state index contributed by atoms with van der Waals surface area (Å²) in [5.41, 5.74) is 5.55. The van der Waals surface area contributed by atoms with E-state index < -0.39 is 10.0 Å². The van der Waals surface area contributed by atoms with Crippen LogP contribution in [0.5, 0.6) is 0 Å². The van der Waals surface area contributed by atoms with Crippen LogP contribution >= 0.6 is 11.8 Å². The molecule has 1 aromatic heterocycles. The Labute approximate surface area is 99.8 Å². The zero-order valence-electron chi connectivity index (χ0n) is 9.54. The number of anilines is 1. The Morgan fingerprint density at radius 3 is 2.69 bits per heavy atom. The fraction of sp³-hybridized carbons (Fsp3) is 0.625. The predicted molar refractivity (Wildman–Crippen MR) is 65.8 cm³/mol. The number of aromatic nitrogens is 2. The fourth-order valence-corrected chi connectivity index (χ4v) is 3.02. The summed E-state index contributed by atoms with van der Waals surface area (Å²) in [6, 6.07) is 0.